The SMILES string of the molecule is O=C(COC(=O)/C=C/c1ccc(Br)s1)NCc1ccc(F)cc1. The molecule has 2 rings (SSSR count). The molecule has 1 aromatic heterocycles. The number of hydrogen-bond donors (Lipinski definition) is 1. The quantitative estimate of drug-likeness (QED) is 0.599. The van der Waals surface area contributed by atoms with Crippen molar-refractivity contribution in [2.24, 2.45) is 0 Å². The molecule has 4 nitrogen and oxygen atoms in total. The second kappa shape index (κ2) is 8.59. The number of hydrogen-bond acceptors (Lipinski definition) is 4. The van der Waals surface area contributed by atoms with Gasteiger partial charge in [0.1, 0.15) is 5.82 Å². The van der Waals surface area contributed by atoms with Crippen molar-refractivity contribution >= 4 is 45.2 Å². The van der Waals surface area contributed by atoms with Gasteiger partial charge in [-0.3, -0.25) is 4.79 Å². The minimum absolute atomic E-state index is 0.246. The van der Waals surface area contributed by atoms with E-state index in [9.17, 15) is 14.0 Å². The van der Waals surface area contributed by atoms with Gasteiger partial charge in [0.15, 0.2) is 6.61 Å². The zero-order valence-corrected chi connectivity index (χ0v) is 14.3. The largest absolute Gasteiger partial charge is 0.452 e. The molecule has 0 unspecified atom stereocenters. The molecule has 120 valence electrons. The number of esters is 1. The Labute approximate surface area is 145 Å². The first kappa shape index (κ1) is 17.4. The van der Waals surface area contributed by atoms with Crippen LogP contribution in [0.3, 0.4) is 0 Å². The fourth-order valence-corrected chi connectivity index (χ4v) is 2.93. The van der Waals surface area contributed by atoms with Crippen molar-refractivity contribution in [1.29, 1.82) is 0 Å². The Morgan fingerprint density at radius 3 is 2.61 bits per heavy atom. The Bertz CT molecular complexity index is 712. The van der Waals surface area contributed by atoms with Gasteiger partial charge in [-0.15, -0.1) is 11.3 Å². The summed E-state index contributed by atoms with van der Waals surface area (Å²) in [6.07, 6.45) is 2.89. The summed E-state index contributed by atoms with van der Waals surface area (Å²) in [6, 6.07) is 9.50. The zero-order chi connectivity index (χ0) is 16.7. The predicted octanol–water partition coefficient (Wildman–Crippen LogP) is 3.52. The highest BCUT2D eigenvalue weighted by Gasteiger charge is 2.05. The number of amides is 1. The number of halogens is 2. The Balaban J connectivity index is 1.70. The van der Waals surface area contributed by atoms with Crippen LogP contribution in [0.25, 0.3) is 6.08 Å². The van der Waals surface area contributed by atoms with Crippen LogP contribution in [-0.2, 0) is 20.9 Å². The van der Waals surface area contributed by atoms with Crippen LogP contribution in [0.1, 0.15) is 10.4 Å². The minimum atomic E-state index is -0.591. The van der Waals surface area contributed by atoms with Gasteiger partial charge in [0, 0.05) is 17.5 Å². The van der Waals surface area contributed by atoms with Crippen LogP contribution in [0.5, 0.6) is 0 Å². The summed E-state index contributed by atoms with van der Waals surface area (Å²) >= 11 is 4.80. The molecule has 0 aliphatic rings. The summed E-state index contributed by atoms with van der Waals surface area (Å²) in [5.41, 5.74) is 0.759. The maximum absolute atomic E-state index is 12.7. The first-order chi connectivity index (χ1) is 11.0. The fraction of sp³-hybridized carbons (Fsp3) is 0.125. The summed E-state index contributed by atoms with van der Waals surface area (Å²) in [5, 5.41) is 2.58. The van der Waals surface area contributed by atoms with Crippen LogP contribution < -0.4 is 5.32 Å². The molecule has 0 fully saturated rings. The summed E-state index contributed by atoms with van der Waals surface area (Å²) < 4.78 is 18.5. The normalized spacial score (nSPS) is 10.7. The van der Waals surface area contributed by atoms with Crippen molar-refractivity contribution < 1.29 is 18.7 Å². The van der Waals surface area contributed by atoms with Gasteiger partial charge >= 0.3 is 5.97 Å². The zero-order valence-electron chi connectivity index (χ0n) is 11.9. The van der Waals surface area contributed by atoms with E-state index in [1.54, 1.807) is 18.2 Å². The third-order valence-electron chi connectivity index (χ3n) is 2.73. The molecular formula is C16H13BrFNO3S. The number of rotatable bonds is 6. The molecule has 0 aliphatic heterocycles. The lowest BCUT2D eigenvalue weighted by Gasteiger charge is -2.05. The van der Waals surface area contributed by atoms with Gasteiger partial charge in [0.2, 0.25) is 0 Å². The number of carbonyl (C=O) groups is 2. The van der Waals surface area contributed by atoms with Crippen LogP contribution in [0.4, 0.5) is 4.39 Å². The van der Waals surface area contributed by atoms with Gasteiger partial charge in [-0.2, -0.15) is 0 Å². The van der Waals surface area contributed by atoms with Crippen LogP contribution >= 0.6 is 27.3 Å². The molecule has 0 spiro atoms. The number of ether oxygens (including phenoxy) is 1. The van der Waals surface area contributed by atoms with Crippen LogP contribution in [0.15, 0.2) is 46.3 Å². The van der Waals surface area contributed by atoms with Crippen molar-refractivity contribution in [1.82, 2.24) is 5.32 Å². The molecule has 0 saturated carbocycles. The Hall–Kier alpha value is -1.99. The highest BCUT2D eigenvalue weighted by atomic mass is 79.9. The third kappa shape index (κ3) is 6.33. The van der Waals surface area contributed by atoms with Gasteiger partial charge in [-0.1, -0.05) is 12.1 Å². The van der Waals surface area contributed by atoms with Gasteiger partial charge in [-0.05, 0) is 51.8 Å². The van der Waals surface area contributed by atoms with E-state index in [0.717, 1.165) is 14.2 Å². The summed E-state index contributed by atoms with van der Waals surface area (Å²) in [5.74, 6) is -1.35. The molecule has 23 heavy (non-hydrogen) atoms. The van der Waals surface area contributed by atoms with E-state index in [2.05, 4.69) is 21.2 Å². The molecule has 0 bridgehead atoms. The number of benzene rings is 1. The van der Waals surface area contributed by atoms with Gasteiger partial charge in [-0.25, -0.2) is 9.18 Å². The summed E-state index contributed by atoms with van der Waals surface area (Å²) in [4.78, 5) is 24.0. The van der Waals surface area contributed by atoms with Crippen molar-refractivity contribution in [2.45, 2.75) is 6.54 Å². The number of carbonyl (C=O) groups excluding carboxylic acids is 2. The third-order valence-corrected chi connectivity index (χ3v) is 4.32. The van der Waals surface area contributed by atoms with Crippen LogP contribution in [0.2, 0.25) is 0 Å². The highest BCUT2D eigenvalue weighted by molar-refractivity contribution is 9.11. The van der Waals surface area contributed by atoms with E-state index in [-0.39, 0.29) is 19.0 Å². The van der Waals surface area contributed by atoms with Crippen molar-refractivity contribution in [3.8, 4) is 0 Å². The molecule has 1 heterocycles. The van der Waals surface area contributed by atoms with Crippen molar-refractivity contribution in [3.05, 3.63) is 62.5 Å². The number of thiophene rings is 1. The van der Waals surface area contributed by atoms with Crippen molar-refractivity contribution in [2.75, 3.05) is 6.61 Å². The van der Waals surface area contributed by atoms with Gasteiger partial charge in [0.05, 0.1) is 3.79 Å². The topological polar surface area (TPSA) is 55.4 Å². The maximum atomic E-state index is 12.7. The smallest absolute Gasteiger partial charge is 0.331 e. The molecule has 0 aliphatic carbocycles. The predicted molar refractivity (Wildman–Crippen MR) is 90.3 cm³/mol. The second-order valence-corrected chi connectivity index (χ2v) is 6.98. The van der Waals surface area contributed by atoms with E-state index in [0.29, 0.717) is 0 Å². The van der Waals surface area contributed by atoms with E-state index in [1.165, 1.54) is 29.5 Å². The second-order valence-electron chi connectivity index (χ2n) is 4.49. The minimum Gasteiger partial charge on any atom is -0.452 e. The Kier molecular flexibility index (Phi) is 6.49. The van der Waals surface area contributed by atoms with Crippen LogP contribution in [0, 0.1) is 5.82 Å². The highest BCUT2D eigenvalue weighted by Crippen LogP contribution is 2.22. The lowest BCUT2D eigenvalue weighted by atomic mass is 10.2. The van der Waals surface area contributed by atoms with E-state index >= 15 is 0 Å². The molecule has 0 saturated heterocycles. The molecule has 1 N–H and O–H groups in total. The van der Waals surface area contributed by atoms with Gasteiger partial charge in [0.25, 0.3) is 5.91 Å². The summed E-state index contributed by atoms with van der Waals surface area (Å²) in [7, 11) is 0. The van der Waals surface area contributed by atoms with Crippen molar-refractivity contribution in [3.63, 3.8) is 0 Å². The molecule has 0 atom stereocenters. The summed E-state index contributed by atoms with van der Waals surface area (Å²) in [6.45, 7) is -0.117. The number of nitrogens with one attached hydrogen (secondary N) is 1. The first-order valence-corrected chi connectivity index (χ1v) is 8.25. The maximum Gasteiger partial charge on any atom is 0.331 e. The first-order valence-electron chi connectivity index (χ1n) is 6.64. The molecular weight excluding hydrogens is 385 g/mol. The Morgan fingerprint density at radius 2 is 1.96 bits per heavy atom. The molecule has 1 amide bonds. The molecule has 7 heteroatoms. The Morgan fingerprint density at radius 1 is 1.22 bits per heavy atom. The van der Waals surface area contributed by atoms with E-state index in [4.69, 9.17) is 4.74 Å². The standard InChI is InChI=1S/C16H13BrFNO3S/c17-14-7-5-13(23-14)6-8-16(21)22-10-15(20)19-9-11-1-3-12(18)4-2-11/h1-8H,9-10H2,(H,19,20)/b8-6+. The average Bonchev–Trinajstić information content (AvgIpc) is 2.96. The lowest BCUT2D eigenvalue weighted by Crippen LogP contribution is -2.28. The van der Waals surface area contributed by atoms with E-state index in [1.807, 2.05) is 12.1 Å². The average molecular weight is 398 g/mol. The lowest BCUT2D eigenvalue weighted by molar-refractivity contribution is -0.143. The van der Waals surface area contributed by atoms with E-state index < -0.39 is 11.9 Å². The fourth-order valence-electron chi connectivity index (χ4n) is 1.61. The van der Waals surface area contributed by atoms with Crippen LogP contribution in [-0.4, -0.2) is 18.5 Å². The monoisotopic (exact) mass is 397 g/mol. The molecule has 2 aromatic rings. The van der Waals surface area contributed by atoms with Gasteiger partial charge < -0.3 is 10.1 Å². The molecule has 0 radical (unpaired) electrons. The molecule has 1 aromatic carbocycles.